The molecule has 112 valence electrons. The second-order valence-corrected chi connectivity index (χ2v) is 5.34. The van der Waals surface area contributed by atoms with E-state index in [-0.39, 0.29) is 6.10 Å². The Bertz CT molecular complexity index is 410. The van der Waals surface area contributed by atoms with Crippen LogP contribution in [0.2, 0.25) is 0 Å². The standard InChI is InChI=1S/C16H25NO3/c1-4-14(3)17-11-18-9-15(20-12-17)10-19-16-8-6-5-7-13(16)2/h5-8,14-15H,4,9-12H2,1-3H3/t14-,15-/m1/s1. The van der Waals surface area contributed by atoms with Gasteiger partial charge in [0.05, 0.1) is 6.61 Å². The van der Waals surface area contributed by atoms with Crippen molar-refractivity contribution in [3.63, 3.8) is 0 Å². The predicted octanol–water partition coefficient (Wildman–Crippen LogP) is 2.80. The van der Waals surface area contributed by atoms with Crippen molar-refractivity contribution in [1.82, 2.24) is 4.90 Å². The molecule has 0 aliphatic carbocycles. The summed E-state index contributed by atoms with van der Waals surface area (Å²) in [5, 5.41) is 0. The SMILES string of the molecule is CC[C@@H](C)N1COC[C@H](COc2ccccc2C)OC1. The topological polar surface area (TPSA) is 30.9 Å². The first-order chi connectivity index (χ1) is 9.70. The molecule has 4 nitrogen and oxygen atoms in total. The molecule has 1 aliphatic heterocycles. The van der Waals surface area contributed by atoms with E-state index in [1.807, 2.05) is 31.2 Å². The molecule has 0 radical (unpaired) electrons. The maximum absolute atomic E-state index is 5.88. The van der Waals surface area contributed by atoms with Crippen molar-refractivity contribution in [1.29, 1.82) is 0 Å². The summed E-state index contributed by atoms with van der Waals surface area (Å²) in [4.78, 5) is 2.20. The molecule has 0 spiro atoms. The van der Waals surface area contributed by atoms with Gasteiger partial charge in [0, 0.05) is 6.04 Å². The molecule has 2 atom stereocenters. The van der Waals surface area contributed by atoms with Crippen molar-refractivity contribution in [2.45, 2.75) is 39.3 Å². The molecule has 1 heterocycles. The van der Waals surface area contributed by atoms with Gasteiger partial charge in [-0.3, -0.25) is 4.90 Å². The van der Waals surface area contributed by atoms with Crippen LogP contribution in [0.1, 0.15) is 25.8 Å². The quantitative estimate of drug-likeness (QED) is 0.829. The van der Waals surface area contributed by atoms with Gasteiger partial charge in [0.2, 0.25) is 0 Å². The third kappa shape index (κ3) is 4.20. The Labute approximate surface area is 121 Å². The van der Waals surface area contributed by atoms with Crippen LogP contribution < -0.4 is 4.74 Å². The van der Waals surface area contributed by atoms with Gasteiger partial charge >= 0.3 is 0 Å². The zero-order valence-corrected chi connectivity index (χ0v) is 12.7. The molecule has 0 unspecified atom stereocenters. The van der Waals surface area contributed by atoms with Gasteiger partial charge in [0.25, 0.3) is 0 Å². The molecule has 1 saturated heterocycles. The first-order valence-electron chi connectivity index (χ1n) is 7.32. The van der Waals surface area contributed by atoms with E-state index in [2.05, 4.69) is 18.7 Å². The highest BCUT2D eigenvalue weighted by Crippen LogP contribution is 2.17. The van der Waals surface area contributed by atoms with Gasteiger partial charge in [0.15, 0.2) is 0 Å². The Kier molecular flexibility index (Phi) is 5.83. The van der Waals surface area contributed by atoms with Gasteiger partial charge in [-0.15, -0.1) is 0 Å². The van der Waals surface area contributed by atoms with Crippen LogP contribution in [0.25, 0.3) is 0 Å². The van der Waals surface area contributed by atoms with E-state index in [1.54, 1.807) is 0 Å². The Morgan fingerprint density at radius 3 is 2.90 bits per heavy atom. The first kappa shape index (κ1) is 15.3. The molecule has 1 aliphatic rings. The lowest BCUT2D eigenvalue weighted by molar-refractivity contribution is -0.0305. The Morgan fingerprint density at radius 1 is 1.35 bits per heavy atom. The normalized spacial score (nSPS) is 22.2. The summed E-state index contributed by atoms with van der Waals surface area (Å²) in [5.74, 6) is 0.916. The van der Waals surface area contributed by atoms with Crippen LogP contribution in [-0.4, -0.2) is 43.7 Å². The Hall–Kier alpha value is -1.10. The number of hydrogen-bond acceptors (Lipinski definition) is 4. The van der Waals surface area contributed by atoms with Crippen molar-refractivity contribution in [3.05, 3.63) is 29.8 Å². The molecule has 1 fully saturated rings. The highest BCUT2D eigenvalue weighted by Gasteiger charge is 2.21. The molecule has 0 N–H and O–H groups in total. The van der Waals surface area contributed by atoms with Crippen LogP contribution in [-0.2, 0) is 9.47 Å². The van der Waals surface area contributed by atoms with E-state index in [1.165, 1.54) is 0 Å². The average molecular weight is 279 g/mol. The van der Waals surface area contributed by atoms with Gasteiger partial charge in [-0.1, -0.05) is 25.1 Å². The number of benzene rings is 1. The summed E-state index contributed by atoms with van der Waals surface area (Å²) in [7, 11) is 0. The molecule has 1 aromatic rings. The second-order valence-electron chi connectivity index (χ2n) is 5.34. The fourth-order valence-corrected chi connectivity index (χ4v) is 2.10. The summed E-state index contributed by atoms with van der Waals surface area (Å²) < 4.78 is 17.4. The van der Waals surface area contributed by atoms with Crippen LogP contribution in [0, 0.1) is 6.92 Å². The van der Waals surface area contributed by atoms with Crippen LogP contribution in [0.3, 0.4) is 0 Å². The van der Waals surface area contributed by atoms with E-state index in [0.29, 0.717) is 32.7 Å². The van der Waals surface area contributed by atoms with Crippen LogP contribution in [0.15, 0.2) is 24.3 Å². The maximum atomic E-state index is 5.88. The number of ether oxygens (including phenoxy) is 3. The lowest BCUT2D eigenvalue weighted by Gasteiger charge is -2.25. The van der Waals surface area contributed by atoms with Crippen molar-refractivity contribution in [2.24, 2.45) is 0 Å². The molecular weight excluding hydrogens is 254 g/mol. The largest absolute Gasteiger partial charge is 0.491 e. The van der Waals surface area contributed by atoms with Gasteiger partial charge in [-0.25, -0.2) is 0 Å². The molecule has 0 aromatic heterocycles. The number of hydrogen-bond donors (Lipinski definition) is 0. The Morgan fingerprint density at radius 2 is 2.15 bits per heavy atom. The van der Waals surface area contributed by atoms with Gasteiger partial charge < -0.3 is 14.2 Å². The van der Waals surface area contributed by atoms with E-state index in [9.17, 15) is 0 Å². The minimum absolute atomic E-state index is 0.0105. The minimum atomic E-state index is -0.0105. The van der Waals surface area contributed by atoms with E-state index in [0.717, 1.165) is 17.7 Å². The van der Waals surface area contributed by atoms with Crippen molar-refractivity contribution >= 4 is 0 Å². The van der Waals surface area contributed by atoms with E-state index >= 15 is 0 Å². The second kappa shape index (κ2) is 7.62. The number of nitrogens with zero attached hydrogens (tertiary/aromatic N) is 1. The minimum Gasteiger partial charge on any atom is -0.491 e. The van der Waals surface area contributed by atoms with E-state index in [4.69, 9.17) is 14.2 Å². The summed E-state index contributed by atoms with van der Waals surface area (Å²) in [6.45, 7) is 8.76. The molecule has 4 heteroatoms. The zero-order chi connectivity index (χ0) is 14.4. The number of para-hydroxylation sites is 1. The summed E-state index contributed by atoms with van der Waals surface area (Å²) >= 11 is 0. The highest BCUT2D eigenvalue weighted by molar-refractivity contribution is 5.31. The van der Waals surface area contributed by atoms with Crippen molar-refractivity contribution in [2.75, 3.05) is 26.7 Å². The summed E-state index contributed by atoms with van der Waals surface area (Å²) in [6.07, 6.45) is 1.08. The molecule has 0 saturated carbocycles. The fraction of sp³-hybridized carbons (Fsp3) is 0.625. The third-order valence-corrected chi connectivity index (χ3v) is 3.77. The molecule has 20 heavy (non-hydrogen) atoms. The number of rotatable bonds is 5. The number of aryl methyl sites for hydroxylation is 1. The van der Waals surface area contributed by atoms with E-state index < -0.39 is 0 Å². The van der Waals surface area contributed by atoms with Crippen LogP contribution in [0.5, 0.6) is 5.75 Å². The average Bonchev–Trinajstić information content (AvgIpc) is 2.71. The maximum Gasteiger partial charge on any atom is 0.122 e. The summed E-state index contributed by atoms with van der Waals surface area (Å²) in [5.41, 5.74) is 1.14. The fourth-order valence-electron chi connectivity index (χ4n) is 2.10. The Balaban J connectivity index is 1.81. The third-order valence-electron chi connectivity index (χ3n) is 3.77. The molecule has 0 amide bonds. The lowest BCUT2D eigenvalue weighted by Crippen LogP contribution is -2.35. The summed E-state index contributed by atoms with van der Waals surface area (Å²) in [6, 6.07) is 8.50. The zero-order valence-electron chi connectivity index (χ0n) is 12.7. The molecular formula is C16H25NO3. The van der Waals surface area contributed by atoms with Gasteiger partial charge in [-0.05, 0) is 31.9 Å². The van der Waals surface area contributed by atoms with Crippen LogP contribution in [0.4, 0.5) is 0 Å². The molecule has 0 bridgehead atoms. The van der Waals surface area contributed by atoms with Crippen molar-refractivity contribution < 1.29 is 14.2 Å². The van der Waals surface area contributed by atoms with Gasteiger partial charge in [-0.2, -0.15) is 0 Å². The molecule has 1 aromatic carbocycles. The molecule has 2 rings (SSSR count). The first-order valence-corrected chi connectivity index (χ1v) is 7.32. The predicted molar refractivity (Wildman–Crippen MR) is 78.8 cm³/mol. The van der Waals surface area contributed by atoms with Gasteiger partial charge in [0.1, 0.15) is 31.9 Å². The highest BCUT2D eigenvalue weighted by atomic mass is 16.6. The monoisotopic (exact) mass is 279 g/mol. The van der Waals surface area contributed by atoms with Crippen LogP contribution >= 0.6 is 0 Å². The smallest absolute Gasteiger partial charge is 0.122 e. The van der Waals surface area contributed by atoms with Crippen molar-refractivity contribution in [3.8, 4) is 5.75 Å². The lowest BCUT2D eigenvalue weighted by atomic mass is 10.2.